The Labute approximate surface area is 77.7 Å². The van der Waals surface area contributed by atoms with Gasteiger partial charge in [-0.15, -0.1) is 5.10 Å². The molecule has 0 aromatic carbocycles. The maximum atomic E-state index is 3.85. The molecular formula is C8H14N5. The van der Waals surface area contributed by atoms with Crippen molar-refractivity contribution in [2.24, 2.45) is 7.05 Å². The van der Waals surface area contributed by atoms with Gasteiger partial charge >= 0.3 is 0 Å². The first-order valence-electron chi connectivity index (χ1n) is 4.55. The molecule has 1 N–H and O–H groups in total. The van der Waals surface area contributed by atoms with Crippen LogP contribution in [0.3, 0.4) is 0 Å². The van der Waals surface area contributed by atoms with E-state index in [0.717, 1.165) is 38.4 Å². The van der Waals surface area contributed by atoms with Crippen LogP contribution in [0.2, 0.25) is 0 Å². The molecule has 0 aliphatic carbocycles. The lowest BCUT2D eigenvalue weighted by Crippen LogP contribution is -2.43. The Morgan fingerprint density at radius 3 is 2.85 bits per heavy atom. The summed E-state index contributed by atoms with van der Waals surface area (Å²) in [4.78, 5) is 2.38. The Morgan fingerprint density at radius 2 is 2.23 bits per heavy atom. The molecule has 1 aromatic heterocycles. The molecule has 2 heterocycles. The Bertz CT molecular complexity index is 263. The third-order valence-electron chi connectivity index (χ3n) is 2.33. The minimum absolute atomic E-state index is 0.908. The lowest BCUT2D eigenvalue weighted by atomic mass is 10.3. The maximum absolute atomic E-state index is 3.85. The van der Waals surface area contributed by atoms with Crippen molar-refractivity contribution in [2.45, 2.75) is 6.54 Å². The van der Waals surface area contributed by atoms with E-state index in [1.165, 1.54) is 0 Å². The fourth-order valence-corrected chi connectivity index (χ4v) is 1.49. The van der Waals surface area contributed by atoms with Crippen molar-refractivity contribution in [1.82, 2.24) is 25.2 Å². The minimum atomic E-state index is 0.908. The highest BCUT2D eigenvalue weighted by Crippen LogP contribution is 2.01. The van der Waals surface area contributed by atoms with Gasteiger partial charge in [-0.2, -0.15) is 0 Å². The first-order valence-corrected chi connectivity index (χ1v) is 4.55. The first kappa shape index (κ1) is 8.65. The van der Waals surface area contributed by atoms with Crippen molar-refractivity contribution in [3.8, 4) is 0 Å². The Kier molecular flexibility index (Phi) is 2.56. The molecule has 0 amide bonds. The molecule has 1 aliphatic rings. The van der Waals surface area contributed by atoms with E-state index in [9.17, 15) is 0 Å². The normalized spacial score (nSPS) is 19.2. The highest BCUT2D eigenvalue weighted by atomic mass is 15.4. The smallest absolute Gasteiger partial charge is 0.139 e. The first-order chi connectivity index (χ1) is 6.36. The molecule has 0 saturated carbocycles. The molecule has 0 unspecified atom stereocenters. The summed E-state index contributed by atoms with van der Waals surface area (Å²) in [5.41, 5.74) is 1.06. The van der Waals surface area contributed by atoms with E-state index in [1.54, 1.807) is 4.68 Å². The van der Waals surface area contributed by atoms with Crippen LogP contribution in [-0.4, -0.2) is 46.1 Å². The van der Waals surface area contributed by atoms with Gasteiger partial charge in [0.1, 0.15) is 6.20 Å². The van der Waals surface area contributed by atoms with E-state index in [0.29, 0.717) is 0 Å². The van der Waals surface area contributed by atoms with Gasteiger partial charge in [0, 0.05) is 39.8 Å². The van der Waals surface area contributed by atoms with Crippen LogP contribution in [0.15, 0.2) is 0 Å². The molecule has 0 spiro atoms. The molecule has 1 aromatic rings. The van der Waals surface area contributed by atoms with Gasteiger partial charge in [0.2, 0.25) is 0 Å². The molecule has 5 nitrogen and oxygen atoms in total. The van der Waals surface area contributed by atoms with Crippen LogP contribution in [0, 0.1) is 6.20 Å². The number of aromatic nitrogens is 3. The van der Waals surface area contributed by atoms with Crippen LogP contribution in [0.5, 0.6) is 0 Å². The molecule has 0 bridgehead atoms. The van der Waals surface area contributed by atoms with Crippen LogP contribution < -0.4 is 5.32 Å². The molecule has 1 radical (unpaired) electrons. The number of aryl methyl sites for hydroxylation is 1. The second kappa shape index (κ2) is 3.85. The number of nitrogens with zero attached hydrogens (tertiary/aromatic N) is 4. The number of hydrogen-bond donors (Lipinski definition) is 1. The fraction of sp³-hybridized carbons (Fsp3) is 0.750. The second-order valence-electron chi connectivity index (χ2n) is 3.30. The number of piperazine rings is 1. The van der Waals surface area contributed by atoms with Gasteiger partial charge in [-0.05, 0) is 0 Å². The molecule has 71 valence electrons. The minimum Gasteiger partial charge on any atom is -0.314 e. The lowest BCUT2D eigenvalue weighted by Gasteiger charge is -2.26. The van der Waals surface area contributed by atoms with Gasteiger partial charge in [0.25, 0.3) is 0 Å². The Balaban J connectivity index is 1.93. The van der Waals surface area contributed by atoms with E-state index >= 15 is 0 Å². The van der Waals surface area contributed by atoms with Crippen LogP contribution in [0.1, 0.15) is 5.69 Å². The summed E-state index contributed by atoms with van der Waals surface area (Å²) in [6, 6.07) is 0. The van der Waals surface area contributed by atoms with E-state index in [2.05, 4.69) is 26.7 Å². The lowest BCUT2D eigenvalue weighted by molar-refractivity contribution is 0.227. The second-order valence-corrected chi connectivity index (χ2v) is 3.30. The summed E-state index contributed by atoms with van der Waals surface area (Å²) in [7, 11) is 1.90. The van der Waals surface area contributed by atoms with Crippen molar-refractivity contribution >= 4 is 0 Å². The number of nitrogens with one attached hydrogen (secondary N) is 1. The zero-order chi connectivity index (χ0) is 9.10. The monoisotopic (exact) mass is 180 g/mol. The molecule has 1 saturated heterocycles. The van der Waals surface area contributed by atoms with Gasteiger partial charge in [0.05, 0.1) is 5.69 Å². The molecular weight excluding hydrogens is 166 g/mol. The zero-order valence-corrected chi connectivity index (χ0v) is 7.82. The van der Waals surface area contributed by atoms with Crippen molar-refractivity contribution in [3.05, 3.63) is 11.9 Å². The van der Waals surface area contributed by atoms with Gasteiger partial charge in [0.15, 0.2) is 0 Å². The van der Waals surface area contributed by atoms with E-state index in [4.69, 9.17) is 0 Å². The molecule has 2 rings (SSSR count). The molecule has 13 heavy (non-hydrogen) atoms. The van der Waals surface area contributed by atoms with E-state index in [1.807, 2.05) is 7.05 Å². The van der Waals surface area contributed by atoms with E-state index < -0.39 is 0 Å². The summed E-state index contributed by atoms with van der Waals surface area (Å²) in [5, 5.41) is 10.9. The fourth-order valence-electron chi connectivity index (χ4n) is 1.49. The highest BCUT2D eigenvalue weighted by molar-refractivity contribution is 4.91. The van der Waals surface area contributed by atoms with Gasteiger partial charge in [-0.25, -0.2) is 0 Å². The maximum Gasteiger partial charge on any atom is 0.139 e. The zero-order valence-electron chi connectivity index (χ0n) is 7.82. The quantitative estimate of drug-likeness (QED) is 0.635. The summed E-state index contributed by atoms with van der Waals surface area (Å²) < 4.78 is 1.78. The number of hydrogen-bond acceptors (Lipinski definition) is 4. The van der Waals surface area contributed by atoms with Crippen molar-refractivity contribution in [3.63, 3.8) is 0 Å². The summed E-state index contributed by atoms with van der Waals surface area (Å²) >= 11 is 0. The highest BCUT2D eigenvalue weighted by Gasteiger charge is 2.11. The van der Waals surface area contributed by atoms with Crippen LogP contribution in [0.25, 0.3) is 0 Å². The Morgan fingerprint density at radius 1 is 1.46 bits per heavy atom. The van der Waals surface area contributed by atoms with Crippen molar-refractivity contribution in [2.75, 3.05) is 26.2 Å². The van der Waals surface area contributed by atoms with Gasteiger partial charge < -0.3 is 5.32 Å². The topological polar surface area (TPSA) is 46.0 Å². The Hall–Kier alpha value is -0.940. The summed E-state index contributed by atoms with van der Waals surface area (Å²) in [6.45, 7) is 5.25. The molecule has 0 atom stereocenters. The summed E-state index contributed by atoms with van der Waals surface area (Å²) in [6.07, 6.45) is 2.89. The van der Waals surface area contributed by atoms with Crippen LogP contribution in [0.4, 0.5) is 0 Å². The molecule has 5 heteroatoms. The third-order valence-corrected chi connectivity index (χ3v) is 2.33. The summed E-state index contributed by atoms with van der Waals surface area (Å²) in [5.74, 6) is 0. The van der Waals surface area contributed by atoms with Crippen molar-refractivity contribution < 1.29 is 0 Å². The van der Waals surface area contributed by atoms with E-state index in [-0.39, 0.29) is 0 Å². The van der Waals surface area contributed by atoms with Crippen molar-refractivity contribution in [1.29, 1.82) is 0 Å². The molecule has 1 fully saturated rings. The van der Waals surface area contributed by atoms with Gasteiger partial charge in [-0.3, -0.25) is 9.58 Å². The predicted octanol–water partition coefficient (Wildman–Crippen LogP) is -0.980. The average molecular weight is 180 g/mol. The van der Waals surface area contributed by atoms with Crippen LogP contribution >= 0.6 is 0 Å². The largest absolute Gasteiger partial charge is 0.314 e. The third kappa shape index (κ3) is 2.05. The van der Waals surface area contributed by atoms with Crippen LogP contribution in [-0.2, 0) is 13.6 Å². The standard InChI is InChI=1S/C8H14N5/c1-12-8(6-10-11-12)7-13-4-2-9-3-5-13/h9H,2-5,7H2,1H3. The molecule has 1 aliphatic heterocycles. The van der Waals surface area contributed by atoms with Gasteiger partial charge in [-0.1, -0.05) is 5.21 Å². The average Bonchev–Trinajstić information content (AvgIpc) is 2.54. The number of rotatable bonds is 2. The SMILES string of the molecule is Cn1nn[c]c1CN1CCNCC1. The predicted molar refractivity (Wildman–Crippen MR) is 48.0 cm³/mol.